The Balaban J connectivity index is 2.36. The molecule has 1 fully saturated rings. The molecule has 0 aromatic heterocycles. The van der Waals surface area contributed by atoms with Crippen molar-refractivity contribution in [2.45, 2.75) is 25.8 Å². The van der Waals surface area contributed by atoms with Gasteiger partial charge in [-0.05, 0) is 34.3 Å². The Labute approximate surface area is 125 Å². The van der Waals surface area contributed by atoms with Crippen LogP contribution in [0.25, 0.3) is 0 Å². The maximum atomic E-state index is 13.5. The van der Waals surface area contributed by atoms with Crippen LogP contribution in [0.1, 0.15) is 19.8 Å². The molecule has 0 spiro atoms. The molecule has 2 rings (SSSR count). The van der Waals surface area contributed by atoms with E-state index in [0.29, 0.717) is 24.7 Å². The molecule has 0 amide bonds. The van der Waals surface area contributed by atoms with Crippen LogP contribution >= 0.6 is 15.9 Å². The number of benzene rings is 1. The van der Waals surface area contributed by atoms with Crippen LogP contribution in [0.4, 0.5) is 15.8 Å². The summed E-state index contributed by atoms with van der Waals surface area (Å²) in [5.74, 6) is -0.326. The lowest BCUT2D eigenvalue weighted by molar-refractivity contribution is -0.384. The Hall–Kier alpha value is -1.21. The van der Waals surface area contributed by atoms with Gasteiger partial charge in [-0.1, -0.05) is 13.3 Å². The maximum Gasteiger partial charge on any atom is 0.295 e. The summed E-state index contributed by atoms with van der Waals surface area (Å²) >= 11 is 3.09. The summed E-state index contributed by atoms with van der Waals surface area (Å²) in [5, 5.41) is 11.1. The average Bonchev–Trinajstić information content (AvgIpc) is 2.41. The van der Waals surface area contributed by atoms with Gasteiger partial charge < -0.3 is 10.6 Å². The van der Waals surface area contributed by atoms with E-state index >= 15 is 0 Å². The molecule has 0 radical (unpaired) electrons. The number of halogens is 2. The molecule has 0 aliphatic carbocycles. The number of anilines is 1. The van der Waals surface area contributed by atoms with Crippen LogP contribution < -0.4 is 10.6 Å². The molecule has 1 aliphatic heterocycles. The number of rotatable bonds is 3. The van der Waals surface area contributed by atoms with Gasteiger partial charge >= 0.3 is 0 Å². The third-order valence-electron chi connectivity index (χ3n) is 3.87. The summed E-state index contributed by atoms with van der Waals surface area (Å²) in [6.45, 7) is 3.37. The van der Waals surface area contributed by atoms with Crippen molar-refractivity contribution in [2.24, 2.45) is 11.7 Å². The summed E-state index contributed by atoms with van der Waals surface area (Å²) < 4.78 is 13.7. The standard InChI is InChI=1S/C13H17BrFN3O2/c1-2-8-7-17(4-3-11(8)16)12-5-9(14)10(15)6-13(12)18(19)20/h5-6,8,11H,2-4,7,16H2,1H3. The quantitative estimate of drug-likeness (QED) is 0.674. The molecule has 1 saturated heterocycles. The Kier molecular flexibility index (Phi) is 4.59. The van der Waals surface area contributed by atoms with E-state index in [9.17, 15) is 14.5 Å². The van der Waals surface area contributed by atoms with Gasteiger partial charge in [0.2, 0.25) is 0 Å². The lowest BCUT2D eigenvalue weighted by atomic mass is 9.90. The number of hydrogen-bond donors (Lipinski definition) is 1. The second kappa shape index (κ2) is 6.05. The predicted octanol–water partition coefficient (Wildman–Crippen LogP) is 3.06. The van der Waals surface area contributed by atoms with Crippen molar-refractivity contribution in [3.05, 3.63) is 32.5 Å². The van der Waals surface area contributed by atoms with Gasteiger partial charge in [-0.2, -0.15) is 0 Å². The number of nitro benzene ring substituents is 1. The van der Waals surface area contributed by atoms with Crippen molar-refractivity contribution >= 4 is 27.3 Å². The average molecular weight is 346 g/mol. The molecular formula is C13H17BrFN3O2. The number of nitrogens with two attached hydrogens (primary N) is 1. The molecule has 5 nitrogen and oxygen atoms in total. The van der Waals surface area contributed by atoms with E-state index in [1.165, 1.54) is 6.07 Å². The third kappa shape index (κ3) is 2.93. The van der Waals surface area contributed by atoms with E-state index in [-0.39, 0.29) is 16.2 Å². The second-order valence-electron chi connectivity index (χ2n) is 5.08. The predicted molar refractivity (Wildman–Crippen MR) is 79.3 cm³/mol. The summed E-state index contributed by atoms with van der Waals surface area (Å²) in [4.78, 5) is 12.5. The minimum absolute atomic E-state index is 0.124. The van der Waals surface area contributed by atoms with E-state index in [1.54, 1.807) is 0 Å². The van der Waals surface area contributed by atoms with Crippen LogP contribution in [-0.4, -0.2) is 24.1 Å². The molecule has 110 valence electrons. The molecule has 20 heavy (non-hydrogen) atoms. The van der Waals surface area contributed by atoms with Crippen molar-refractivity contribution in [1.82, 2.24) is 0 Å². The molecular weight excluding hydrogens is 329 g/mol. The van der Waals surface area contributed by atoms with E-state index in [2.05, 4.69) is 22.9 Å². The summed E-state index contributed by atoms with van der Waals surface area (Å²) in [6.07, 6.45) is 1.71. The Morgan fingerprint density at radius 2 is 2.30 bits per heavy atom. The fraction of sp³-hybridized carbons (Fsp3) is 0.538. The minimum Gasteiger partial charge on any atom is -0.366 e. The normalized spacial score (nSPS) is 22.9. The van der Waals surface area contributed by atoms with Crippen molar-refractivity contribution in [3.8, 4) is 0 Å². The van der Waals surface area contributed by atoms with Crippen LogP contribution in [0, 0.1) is 21.8 Å². The second-order valence-corrected chi connectivity index (χ2v) is 5.93. The first kappa shape index (κ1) is 15.2. The van der Waals surface area contributed by atoms with Crippen LogP contribution in [0.15, 0.2) is 16.6 Å². The molecule has 1 aliphatic rings. The fourth-order valence-corrected chi connectivity index (χ4v) is 2.96. The number of hydrogen-bond acceptors (Lipinski definition) is 4. The molecule has 2 atom stereocenters. The van der Waals surface area contributed by atoms with Crippen LogP contribution in [0.5, 0.6) is 0 Å². The van der Waals surface area contributed by atoms with Gasteiger partial charge in [0.25, 0.3) is 5.69 Å². The first-order valence-corrected chi connectivity index (χ1v) is 7.37. The zero-order valence-corrected chi connectivity index (χ0v) is 12.8. The van der Waals surface area contributed by atoms with Gasteiger partial charge in [0, 0.05) is 19.1 Å². The highest BCUT2D eigenvalue weighted by atomic mass is 79.9. The molecule has 1 heterocycles. The molecule has 1 aromatic rings. The van der Waals surface area contributed by atoms with Gasteiger partial charge in [-0.3, -0.25) is 10.1 Å². The zero-order valence-electron chi connectivity index (χ0n) is 11.2. The topological polar surface area (TPSA) is 72.4 Å². The fourth-order valence-electron chi connectivity index (χ4n) is 2.63. The van der Waals surface area contributed by atoms with Crippen LogP contribution in [0.2, 0.25) is 0 Å². The van der Waals surface area contributed by atoms with Crippen molar-refractivity contribution in [1.29, 1.82) is 0 Å². The first-order valence-electron chi connectivity index (χ1n) is 6.58. The van der Waals surface area contributed by atoms with E-state index in [1.807, 2.05) is 4.90 Å². The lowest BCUT2D eigenvalue weighted by Crippen LogP contribution is -2.47. The van der Waals surface area contributed by atoms with Gasteiger partial charge in [0.15, 0.2) is 0 Å². The van der Waals surface area contributed by atoms with Gasteiger partial charge in [0.05, 0.1) is 15.5 Å². The van der Waals surface area contributed by atoms with Gasteiger partial charge in [-0.25, -0.2) is 4.39 Å². The number of nitro groups is 1. The smallest absolute Gasteiger partial charge is 0.295 e. The zero-order chi connectivity index (χ0) is 14.9. The van der Waals surface area contributed by atoms with Crippen LogP contribution in [0.3, 0.4) is 0 Å². The summed E-state index contributed by atoms with van der Waals surface area (Å²) in [5.41, 5.74) is 6.31. The van der Waals surface area contributed by atoms with Gasteiger partial charge in [0.1, 0.15) is 11.5 Å². The van der Waals surface area contributed by atoms with E-state index in [0.717, 1.165) is 18.9 Å². The Bertz CT molecular complexity index is 527. The third-order valence-corrected chi connectivity index (χ3v) is 4.48. The lowest BCUT2D eigenvalue weighted by Gasteiger charge is -2.37. The molecule has 2 N–H and O–H groups in total. The highest BCUT2D eigenvalue weighted by Crippen LogP contribution is 2.35. The number of nitrogens with zero attached hydrogens (tertiary/aromatic N) is 2. The molecule has 1 aromatic carbocycles. The molecule has 2 unspecified atom stereocenters. The van der Waals surface area contributed by atoms with Crippen molar-refractivity contribution < 1.29 is 9.31 Å². The Morgan fingerprint density at radius 3 is 2.90 bits per heavy atom. The SMILES string of the molecule is CCC1CN(c2cc(Br)c(F)cc2[N+](=O)[O-])CCC1N. The summed E-state index contributed by atoms with van der Waals surface area (Å²) in [6, 6.07) is 2.57. The largest absolute Gasteiger partial charge is 0.366 e. The van der Waals surface area contributed by atoms with Gasteiger partial charge in [-0.15, -0.1) is 0 Å². The highest BCUT2D eigenvalue weighted by Gasteiger charge is 2.29. The van der Waals surface area contributed by atoms with Crippen molar-refractivity contribution in [3.63, 3.8) is 0 Å². The Morgan fingerprint density at radius 1 is 1.60 bits per heavy atom. The van der Waals surface area contributed by atoms with Crippen LogP contribution in [-0.2, 0) is 0 Å². The summed E-state index contributed by atoms with van der Waals surface area (Å²) in [7, 11) is 0. The maximum absolute atomic E-state index is 13.5. The number of piperidine rings is 1. The minimum atomic E-state index is -0.624. The van der Waals surface area contributed by atoms with Crippen molar-refractivity contribution in [2.75, 3.05) is 18.0 Å². The van der Waals surface area contributed by atoms with E-state index in [4.69, 9.17) is 5.73 Å². The first-order chi connectivity index (χ1) is 9.43. The molecule has 7 heteroatoms. The highest BCUT2D eigenvalue weighted by molar-refractivity contribution is 9.10. The molecule has 0 bridgehead atoms. The monoisotopic (exact) mass is 345 g/mol. The molecule has 0 saturated carbocycles. The van der Waals surface area contributed by atoms with E-state index < -0.39 is 10.7 Å².